The molecule has 0 saturated carbocycles. The van der Waals surface area contributed by atoms with Crippen molar-refractivity contribution in [2.45, 2.75) is 6.18 Å². The number of nitrogens with zero attached hydrogens (tertiary/aromatic N) is 4. The topological polar surface area (TPSA) is 81.9 Å². The van der Waals surface area contributed by atoms with Gasteiger partial charge in [0.25, 0.3) is 5.91 Å². The number of halogens is 3. The Morgan fingerprint density at radius 3 is 2.71 bits per heavy atom. The first-order valence-electron chi connectivity index (χ1n) is 8.86. The molecule has 0 bridgehead atoms. The van der Waals surface area contributed by atoms with E-state index in [4.69, 9.17) is 4.74 Å². The summed E-state index contributed by atoms with van der Waals surface area (Å²) in [6.45, 7) is 0. The zero-order valence-electron chi connectivity index (χ0n) is 15.9. The van der Waals surface area contributed by atoms with Crippen LogP contribution in [0.3, 0.4) is 0 Å². The molecule has 0 unspecified atom stereocenters. The number of pyridine rings is 1. The van der Waals surface area contributed by atoms with Crippen molar-refractivity contribution in [1.82, 2.24) is 19.7 Å². The number of aromatic nitrogens is 4. The van der Waals surface area contributed by atoms with E-state index in [0.29, 0.717) is 10.6 Å². The van der Waals surface area contributed by atoms with Gasteiger partial charge in [0.05, 0.1) is 23.2 Å². The van der Waals surface area contributed by atoms with Crippen LogP contribution in [0, 0.1) is 0 Å². The van der Waals surface area contributed by atoms with Crippen LogP contribution < -0.4 is 10.1 Å². The third-order valence-corrected chi connectivity index (χ3v) is 5.05. The number of alkyl halides is 3. The Balaban J connectivity index is 1.76. The van der Waals surface area contributed by atoms with Gasteiger partial charge < -0.3 is 10.1 Å². The van der Waals surface area contributed by atoms with Crippen LogP contribution in [0.1, 0.15) is 16.2 Å². The van der Waals surface area contributed by atoms with Crippen LogP contribution in [0.5, 0.6) is 5.88 Å². The smallest absolute Gasteiger partial charge is 0.416 e. The lowest BCUT2D eigenvalue weighted by Gasteiger charge is -2.09. The fraction of sp³-hybridized carbons (Fsp3) is 0.100. The molecule has 7 nitrogen and oxygen atoms in total. The molecular formula is C20H14F3N5O2S. The number of rotatable bonds is 5. The first-order valence-corrected chi connectivity index (χ1v) is 9.73. The van der Waals surface area contributed by atoms with Crippen molar-refractivity contribution in [3.05, 3.63) is 71.5 Å². The van der Waals surface area contributed by atoms with Gasteiger partial charge in [-0.1, -0.05) is 12.1 Å². The van der Waals surface area contributed by atoms with E-state index in [1.54, 1.807) is 29.6 Å². The highest BCUT2D eigenvalue weighted by Crippen LogP contribution is 2.32. The highest BCUT2D eigenvalue weighted by molar-refractivity contribution is 7.13. The number of hydrogen-bond acceptors (Lipinski definition) is 6. The Hall–Kier alpha value is -3.73. The van der Waals surface area contributed by atoms with Gasteiger partial charge in [0.1, 0.15) is 5.69 Å². The molecule has 11 heteroatoms. The summed E-state index contributed by atoms with van der Waals surface area (Å²) in [5.74, 6) is -0.425. The van der Waals surface area contributed by atoms with Crippen molar-refractivity contribution in [3.8, 4) is 22.3 Å². The molecular weight excluding hydrogens is 431 g/mol. The number of anilines is 1. The third kappa shape index (κ3) is 4.26. The summed E-state index contributed by atoms with van der Waals surface area (Å²) in [7, 11) is 1.41. The van der Waals surface area contributed by atoms with Gasteiger partial charge in [0.15, 0.2) is 5.82 Å². The Kier molecular flexibility index (Phi) is 5.42. The van der Waals surface area contributed by atoms with Crippen LogP contribution in [0.15, 0.2) is 60.1 Å². The minimum Gasteiger partial charge on any atom is -0.480 e. The summed E-state index contributed by atoms with van der Waals surface area (Å²) in [6, 6.07) is 11.4. The van der Waals surface area contributed by atoms with Crippen LogP contribution >= 0.6 is 11.3 Å². The van der Waals surface area contributed by atoms with E-state index < -0.39 is 17.6 Å². The van der Waals surface area contributed by atoms with E-state index in [9.17, 15) is 18.0 Å². The van der Waals surface area contributed by atoms with Gasteiger partial charge in [-0.05, 0) is 41.8 Å². The van der Waals surface area contributed by atoms with E-state index >= 15 is 0 Å². The lowest BCUT2D eigenvalue weighted by molar-refractivity contribution is -0.137. The second-order valence-electron chi connectivity index (χ2n) is 6.21. The lowest BCUT2D eigenvalue weighted by Crippen LogP contribution is -2.15. The van der Waals surface area contributed by atoms with Crippen molar-refractivity contribution in [2.24, 2.45) is 0 Å². The number of nitrogens with one attached hydrogen (secondary N) is 1. The number of hydrogen-bond donors (Lipinski definition) is 1. The molecule has 0 aliphatic carbocycles. The van der Waals surface area contributed by atoms with Gasteiger partial charge in [-0.15, -0.1) is 16.4 Å². The van der Waals surface area contributed by atoms with Crippen molar-refractivity contribution in [1.29, 1.82) is 0 Å². The molecule has 0 spiro atoms. The first kappa shape index (κ1) is 20.5. The van der Waals surface area contributed by atoms with Gasteiger partial charge in [-0.2, -0.15) is 13.2 Å². The average molecular weight is 445 g/mol. The van der Waals surface area contributed by atoms with Gasteiger partial charge >= 0.3 is 6.18 Å². The molecule has 1 N–H and O–H groups in total. The minimum absolute atomic E-state index is 0.128. The van der Waals surface area contributed by atoms with E-state index in [1.807, 2.05) is 0 Å². The zero-order valence-corrected chi connectivity index (χ0v) is 16.7. The Morgan fingerprint density at radius 2 is 2.00 bits per heavy atom. The molecule has 158 valence electrons. The standard InChI is InChI=1S/C20H14F3N5O2S/c1-30-19-14(7-3-9-24-19)25-18(29)16-26-17(15-8-4-10-31-15)28(27-16)13-6-2-5-12(11-13)20(21,22)23/h2-11H,1H3,(H,25,29). The first-order chi connectivity index (χ1) is 14.9. The largest absolute Gasteiger partial charge is 0.480 e. The molecule has 0 aliphatic heterocycles. The molecule has 3 aromatic heterocycles. The number of carbonyl (C=O) groups is 1. The number of methoxy groups -OCH3 is 1. The highest BCUT2D eigenvalue weighted by atomic mass is 32.1. The summed E-state index contributed by atoms with van der Waals surface area (Å²) in [6.07, 6.45) is -3.01. The van der Waals surface area contributed by atoms with Crippen LogP contribution in [-0.4, -0.2) is 32.8 Å². The average Bonchev–Trinajstić information content (AvgIpc) is 3.43. The van der Waals surface area contributed by atoms with Crippen molar-refractivity contribution in [3.63, 3.8) is 0 Å². The molecule has 3 heterocycles. The number of carbonyl (C=O) groups excluding carboxylic acids is 1. The van der Waals surface area contributed by atoms with Crippen molar-refractivity contribution in [2.75, 3.05) is 12.4 Å². The highest BCUT2D eigenvalue weighted by Gasteiger charge is 2.31. The second-order valence-corrected chi connectivity index (χ2v) is 7.16. The maximum absolute atomic E-state index is 13.2. The Bertz CT molecular complexity index is 1220. The number of amides is 1. The molecule has 4 aromatic rings. The zero-order chi connectivity index (χ0) is 22.0. The van der Waals surface area contributed by atoms with E-state index in [0.717, 1.165) is 12.1 Å². The monoisotopic (exact) mass is 445 g/mol. The molecule has 0 saturated heterocycles. The Morgan fingerprint density at radius 1 is 1.16 bits per heavy atom. The van der Waals surface area contributed by atoms with Crippen LogP contribution in [0.25, 0.3) is 16.4 Å². The lowest BCUT2D eigenvalue weighted by atomic mass is 10.2. The molecule has 1 amide bonds. The fourth-order valence-electron chi connectivity index (χ4n) is 2.79. The van der Waals surface area contributed by atoms with Crippen molar-refractivity contribution < 1.29 is 22.7 Å². The van der Waals surface area contributed by atoms with Gasteiger partial charge in [0, 0.05) is 6.20 Å². The normalized spacial score (nSPS) is 11.4. The molecule has 4 rings (SSSR count). The van der Waals surface area contributed by atoms with E-state index in [-0.39, 0.29) is 23.2 Å². The van der Waals surface area contributed by atoms with Gasteiger partial charge in [-0.25, -0.2) is 14.6 Å². The maximum Gasteiger partial charge on any atom is 0.416 e. The predicted octanol–water partition coefficient (Wildman–Crippen LogP) is 4.67. The van der Waals surface area contributed by atoms with E-state index in [1.165, 1.54) is 41.5 Å². The molecule has 31 heavy (non-hydrogen) atoms. The molecule has 0 aliphatic rings. The van der Waals surface area contributed by atoms with Crippen LogP contribution in [0.2, 0.25) is 0 Å². The second kappa shape index (κ2) is 8.19. The maximum atomic E-state index is 13.2. The molecule has 0 fully saturated rings. The van der Waals surface area contributed by atoms with E-state index in [2.05, 4.69) is 20.4 Å². The SMILES string of the molecule is COc1ncccc1NC(=O)c1nc(-c2cccs2)n(-c2cccc(C(F)(F)F)c2)n1. The summed E-state index contributed by atoms with van der Waals surface area (Å²) in [5, 5.41) is 8.58. The predicted molar refractivity (Wildman–Crippen MR) is 108 cm³/mol. The molecule has 1 aromatic carbocycles. The van der Waals surface area contributed by atoms with Crippen LogP contribution in [0.4, 0.5) is 18.9 Å². The molecule has 0 atom stereocenters. The number of ether oxygens (including phenoxy) is 1. The molecule has 0 radical (unpaired) electrons. The van der Waals surface area contributed by atoms with Crippen molar-refractivity contribution >= 4 is 22.9 Å². The summed E-state index contributed by atoms with van der Waals surface area (Å²) >= 11 is 1.32. The summed E-state index contributed by atoms with van der Waals surface area (Å²) in [4.78, 5) is 21.7. The number of thiophene rings is 1. The quantitative estimate of drug-likeness (QED) is 0.483. The van der Waals surface area contributed by atoms with Gasteiger partial charge in [-0.3, -0.25) is 4.79 Å². The third-order valence-electron chi connectivity index (χ3n) is 4.18. The fourth-order valence-corrected chi connectivity index (χ4v) is 3.49. The number of benzene rings is 1. The Labute approximate surface area is 178 Å². The van der Waals surface area contributed by atoms with Crippen LogP contribution in [-0.2, 0) is 6.18 Å². The summed E-state index contributed by atoms with van der Waals surface area (Å²) < 4.78 is 45.9. The van der Waals surface area contributed by atoms with Gasteiger partial charge in [0.2, 0.25) is 11.7 Å². The minimum atomic E-state index is -4.52. The summed E-state index contributed by atoms with van der Waals surface area (Å²) in [5.41, 5.74) is -0.393.